The summed E-state index contributed by atoms with van der Waals surface area (Å²) in [5, 5.41) is 5.14. The van der Waals surface area contributed by atoms with E-state index in [0.717, 1.165) is 43.8 Å². The molecule has 1 aromatic heterocycles. The van der Waals surface area contributed by atoms with Crippen LogP contribution in [0.1, 0.15) is 41.4 Å². The Bertz CT molecular complexity index is 805. The van der Waals surface area contributed by atoms with Gasteiger partial charge in [-0.3, -0.25) is 14.5 Å². The van der Waals surface area contributed by atoms with Crippen LogP contribution in [0.2, 0.25) is 0 Å². The van der Waals surface area contributed by atoms with Gasteiger partial charge in [0.1, 0.15) is 17.4 Å². The van der Waals surface area contributed by atoms with Crippen LogP contribution in [-0.2, 0) is 4.79 Å². The van der Waals surface area contributed by atoms with Crippen LogP contribution in [0.5, 0.6) is 0 Å². The van der Waals surface area contributed by atoms with E-state index in [2.05, 4.69) is 15.5 Å². The van der Waals surface area contributed by atoms with Gasteiger partial charge in [0, 0.05) is 12.6 Å². The summed E-state index contributed by atoms with van der Waals surface area (Å²) < 4.78 is 32.1. The van der Waals surface area contributed by atoms with Gasteiger partial charge in [-0.15, -0.1) is 0 Å². The molecule has 1 aromatic carbocycles. The summed E-state index contributed by atoms with van der Waals surface area (Å²) in [6.45, 7) is 1.90. The van der Waals surface area contributed by atoms with Gasteiger partial charge < -0.3 is 15.1 Å². The number of piperidine rings is 1. The Morgan fingerprint density at radius 3 is 2.57 bits per heavy atom. The lowest BCUT2D eigenvalue weighted by Gasteiger charge is -2.33. The van der Waals surface area contributed by atoms with E-state index in [4.69, 9.17) is 4.42 Å². The second kappa shape index (κ2) is 9.45. The summed E-state index contributed by atoms with van der Waals surface area (Å²) >= 11 is 0. The van der Waals surface area contributed by atoms with Crippen molar-refractivity contribution in [3.05, 3.63) is 59.6 Å². The van der Waals surface area contributed by atoms with Gasteiger partial charge in [-0.1, -0.05) is 6.42 Å². The number of nitrogens with zero attached hydrogens (tertiary/aromatic N) is 1. The van der Waals surface area contributed by atoms with E-state index in [-0.39, 0.29) is 18.2 Å². The fourth-order valence-corrected chi connectivity index (χ4v) is 3.32. The van der Waals surface area contributed by atoms with Crippen LogP contribution in [0.25, 0.3) is 0 Å². The number of hydrogen-bond acceptors (Lipinski definition) is 4. The number of carbonyl (C=O) groups is 2. The summed E-state index contributed by atoms with van der Waals surface area (Å²) in [7, 11) is 0. The van der Waals surface area contributed by atoms with Gasteiger partial charge in [0.2, 0.25) is 5.91 Å². The molecule has 1 aliphatic heterocycles. The summed E-state index contributed by atoms with van der Waals surface area (Å²) in [6, 6.07) is 6.27. The fourth-order valence-electron chi connectivity index (χ4n) is 3.32. The number of carbonyl (C=O) groups excluding carboxylic acids is 2. The molecule has 0 spiro atoms. The monoisotopic (exact) mass is 391 g/mol. The standard InChI is InChI=1S/C20H23F2N3O3/c21-14-6-7-15(16(22)11-14)20(27)24-13-19(26)23-12-17(18-5-4-10-28-18)25-8-2-1-3-9-25/h4-7,10-11,17H,1-3,8-9,12-13H2,(H,23,26)(H,24,27). The van der Waals surface area contributed by atoms with Crippen LogP contribution in [0.4, 0.5) is 8.78 Å². The first-order chi connectivity index (χ1) is 13.5. The van der Waals surface area contributed by atoms with Crippen molar-refractivity contribution < 1.29 is 22.8 Å². The summed E-state index contributed by atoms with van der Waals surface area (Å²) in [5.74, 6) is -2.13. The molecule has 2 heterocycles. The van der Waals surface area contributed by atoms with Crippen LogP contribution in [-0.4, -0.2) is 42.9 Å². The Kier molecular flexibility index (Phi) is 6.76. The van der Waals surface area contributed by atoms with Crippen molar-refractivity contribution in [3.63, 3.8) is 0 Å². The Morgan fingerprint density at radius 2 is 1.89 bits per heavy atom. The lowest BCUT2D eigenvalue weighted by Crippen LogP contribution is -2.43. The topological polar surface area (TPSA) is 74.6 Å². The minimum atomic E-state index is -0.971. The molecular formula is C20H23F2N3O3. The lowest BCUT2D eigenvalue weighted by molar-refractivity contribution is -0.120. The number of hydrogen-bond donors (Lipinski definition) is 2. The third-order valence-electron chi connectivity index (χ3n) is 4.78. The van der Waals surface area contributed by atoms with Crippen molar-refractivity contribution in [1.82, 2.24) is 15.5 Å². The van der Waals surface area contributed by atoms with E-state index in [1.807, 2.05) is 12.1 Å². The molecule has 1 saturated heterocycles. The van der Waals surface area contributed by atoms with Crippen LogP contribution in [0.15, 0.2) is 41.0 Å². The molecule has 8 heteroatoms. The number of halogens is 2. The molecule has 3 rings (SSSR count). The minimum Gasteiger partial charge on any atom is -0.468 e. The maximum absolute atomic E-state index is 13.6. The van der Waals surface area contributed by atoms with Crippen molar-refractivity contribution in [1.29, 1.82) is 0 Å². The number of amides is 2. The molecule has 1 atom stereocenters. The third kappa shape index (κ3) is 5.16. The second-order valence-electron chi connectivity index (χ2n) is 6.74. The summed E-state index contributed by atoms with van der Waals surface area (Å²) in [5.41, 5.74) is -0.309. The highest BCUT2D eigenvalue weighted by Gasteiger charge is 2.25. The number of furan rings is 1. The van der Waals surface area contributed by atoms with Gasteiger partial charge >= 0.3 is 0 Å². The van der Waals surface area contributed by atoms with E-state index < -0.39 is 23.4 Å². The molecule has 1 fully saturated rings. The van der Waals surface area contributed by atoms with Gasteiger partial charge in [-0.2, -0.15) is 0 Å². The van der Waals surface area contributed by atoms with E-state index in [9.17, 15) is 18.4 Å². The smallest absolute Gasteiger partial charge is 0.254 e. The van der Waals surface area contributed by atoms with Gasteiger partial charge in [-0.05, 0) is 50.2 Å². The van der Waals surface area contributed by atoms with Crippen molar-refractivity contribution in [2.75, 3.05) is 26.2 Å². The summed E-state index contributed by atoms with van der Waals surface area (Å²) in [4.78, 5) is 26.4. The number of rotatable bonds is 7. The highest BCUT2D eigenvalue weighted by Crippen LogP contribution is 2.24. The molecule has 0 aliphatic carbocycles. The highest BCUT2D eigenvalue weighted by atomic mass is 19.1. The molecular weight excluding hydrogens is 368 g/mol. The zero-order chi connectivity index (χ0) is 19.9. The largest absolute Gasteiger partial charge is 0.468 e. The van der Waals surface area contributed by atoms with Crippen LogP contribution in [0, 0.1) is 11.6 Å². The zero-order valence-electron chi connectivity index (χ0n) is 15.4. The van der Waals surface area contributed by atoms with E-state index in [1.54, 1.807) is 6.26 Å². The molecule has 2 amide bonds. The lowest BCUT2D eigenvalue weighted by atomic mass is 10.1. The van der Waals surface area contributed by atoms with Gasteiger partial charge in [-0.25, -0.2) is 8.78 Å². The Morgan fingerprint density at radius 1 is 1.11 bits per heavy atom. The molecule has 0 saturated carbocycles. The van der Waals surface area contributed by atoms with E-state index in [0.29, 0.717) is 12.6 Å². The van der Waals surface area contributed by atoms with Crippen molar-refractivity contribution in [2.24, 2.45) is 0 Å². The zero-order valence-corrected chi connectivity index (χ0v) is 15.4. The van der Waals surface area contributed by atoms with Gasteiger partial charge in [0.25, 0.3) is 5.91 Å². The van der Waals surface area contributed by atoms with Crippen LogP contribution >= 0.6 is 0 Å². The molecule has 0 bridgehead atoms. The van der Waals surface area contributed by atoms with Crippen molar-refractivity contribution in [2.45, 2.75) is 25.3 Å². The Labute approximate surface area is 161 Å². The van der Waals surface area contributed by atoms with Crippen LogP contribution in [0.3, 0.4) is 0 Å². The molecule has 2 aromatic rings. The SMILES string of the molecule is O=C(CNC(=O)c1ccc(F)cc1F)NCC(c1ccco1)N1CCCCC1. The summed E-state index contributed by atoms with van der Waals surface area (Å²) in [6.07, 6.45) is 5.00. The maximum atomic E-state index is 13.6. The first-order valence-electron chi connectivity index (χ1n) is 9.32. The Balaban J connectivity index is 1.52. The molecule has 1 unspecified atom stereocenters. The normalized spacial score (nSPS) is 15.8. The van der Waals surface area contributed by atoms with Crippen LogP contribution < -0.4 is 10.6 Å². The van der Waals surface area contributed by atoms with E-state index >= 15 is 0 Å². The molecule has 6 nitrogen and oxygen atoms in total. The number of benzene rings is 1. The van der Waals surface area contributed by atoms with Crippen molar-refractivity contribution >= 4 is 11.8 Å². The molecule has 28 heavy (non-hydrogen) atoms. The average molecular weight is 391 g/mol. The maximum Gasteiger partial charge on any atom is 0.254 e. The first kappa shape index (κ1) is 20.0. The minimum absolute atomic E-state index is 0.0792. The molecule has 150 valence electrons. The molecule has 1 aliphatic rings. The molecule has 0 radical (unpaired) electrons. The Hall–Kier alpha value is -2.74. The number of nitrogens with one attached hydrogen (secondary N) is 2. The van der Waals surface area contributed by atoms with Crippen molar-refractivity contribution in [3.8, 4) is 0 Å². The highest BCUT2D eigenvalue weighted by molar-refractivity contribution is 5.96. The number of likely N-dealkylation sites (tertiary alicyclic amines) is 1. The average Bonchev–Trinajstić information content (AvgIpc) is 3.21. The predicted molar refractivity (Wildman–Crippen MR) is 98.6 cm³/mol. The quantitative estimate of drug-likeness (QED) is 0.761. The fraction of sp³-hybridized carbons (Fsp3) is 0.400. The first-order valence-corrected chi connectivity index (χ1v) is 9.32. The predicted octanol–water partition coefficient (Wildman–Crippen LogP) is 2.63. The molecule has 2 N–H and O–H groups in total. The van der Waals surface area contributed by atoms with Gasteiger partial charge in [0.05, 0.1) is 24.4 Å². The van der Waals surface area contributed by atoms with Gasteiger partial charge in [0.15, 0.2) is 0 Å². The van der Waals surface area contributed by atoms with E-state index in [1.165, 1.54) is 6.42 Å². The third-order valence-corrected chi connectivity index (χ3v) is 4.78. The second-order valence-corrected chi connectivity index (χ2v) is 6.74.